The number of nitrogens with one attached hydrogen (secondary N) is 3. The highest BCUT2D eigenvalue weighted by Gasteiger charge is 2.20. The molecule has 6 heteroatoms. The molecule has 1 unspecified atom stereocenters. The first-order chi connectivity index (χ1) is 13.4. The van der Waals surface area contributed by atoms with Gasteiger partial charge in [0.05, 0.1) is 23.5 Å². The van der Waals surface area contributed by atoms with E-state index in [0.717, 1.165) is 34.5 Å². The second kappa shape index (κ2) is 8.69. The molecule has 3 rings (SSSR count). The van der Waals surface area contributed by atoms with Crippen LogP contribution in [0.5, 0.6) is 0 Å². The summed E-state index contributed by atoms with van der Waals surface area (Å²) >= 11 is 0. The van der Waals surface area contributed by atoms with Crippen molar-refractivity contribution in [1.82, 2.24) is 15.3 Å². The highest BCUT2D eigenvalue weighted by Crippen LogP contribution is 2.22. The van der Waals surface area contributed by atoms with Crippen molar-refractivity contribution in [1.29, 1.82) is 0 Å². The molecular formula is C22H26N4O2. The van der Waals surface area contributed by atoms with Gasteiger partial charge in [0.2, 0.25) is 11.8 Å². The monoisotopic (exact) mass is 378 g/mol. The molecule has 1 heterocycles. The SMILES string of the molecule is CC(=O)Nc1ccc(CC(=O)NC(CC(C)C)c2nc3ccccc3[nH]2)cc1. The number of H-pyrrole nitrogens is 1. The summed E-state index contributed by atoms with van der Waals surface area (Å²) in [5.41, 5.74) is 3.47. The van der Waals surface area contributed by atoms with Crippen LogP contribution in [0.1, 0.15) is 44.6 Å². The van der Waals surface area contributed by atoms with Gasteiger partial charge in [-0.1, -0.05) is 38.1 Å². The average molecular weight is 378 g/mol. The highest BCUT2D eigenvalue weighted by molar-refractivity contribution is 5.88. The minimum absolute atomic E-state index is 0.0571. The second-order valence-electron chi connectivity index (χ2n) is 7.44. The molecule has 0 bridgehead atoms. The maximum absolute atomic E-state index is 12.6. The lowest BCUT2D eigenvalue weighted by atomic mass is 10.0. The number of rotatable bonds is 7. The molecule has 28 heavy (non-hydrogen) atoms. The minimum Gasteiger partial charge on any atom is -0.346 e. The molecule has 2 aromatic carbocycles. The summed E-state index contributed by atoms with van der Waals surface area (Å²) < 4.78 is 0. The van der Waals surface area contributed by atoms with Crippen LogP contribution in [0.2, 0.25) is 0 Å². The van der Waals surface area contributed by atoms with Gasteiger partial charge >= 0.3 is 0 Å². The van der Waals surface area contributed by atoms with E-state index in [1.165, 1.54) is 6.92 Å². The standard InChI is InChI=1S/C22H26N4O2/c1-14(2)12-20(22-25-18-6-4-5-7-19(18)26-22)24-21(28)13-16-8-10-17(11-9-16)23-15(3)27/h4-11,14,20H,12-13H2,1-3H3,(H,23,27)(H,24,28)(H,25,26). The van der Waals surface area contributed by atoms with E-state index < -0.39 is 0 Å². The Balaban J connectivity index is 1.70. The van der Waals surface area contributed by atoms with Crippen LogP contribution in [-0.2, 0) is 16.0 Å². The topological polar surface area (TPSA) is 86.9 Å². The number of hydrogen-bond donors (Lipinski definition) is 3. The molecule has 0 saturated heterocycles. The summed E-state index contributed by atoms with van der Waals surface area (Å²) in [6, 6.07) is 15.0. The van der Waals surface area contributed by atoms with E-state index in [1.54, 1.807) is 12.1 Å². The van der Waals surface area contributed by atoms with E-state index >= 15 is 0 Å². The van der Waals surface area contributed by atoms with Gasteiger partial charge in [0.15, 0.2) is 0 Å². The third-order valence-electron chi connectivity index (χ3n) is 4.42. The van der Waals surface area contributed by atoms with Crippen molar-refractivity contribution in [2.75, 3.05) is 5.32 Å². The number of anilines is 1. The van der Waals surface area contributed by atoms with Crippen molar-refractivity contribution in [3.05, 3.63) is 59.9 Å². The maximum Gasteiger partial charge on any atom is 0.225 e. The lowest BCUT2D eigenvalue weighted by Crippen LogP contribution is -2.31. The summed E-state index contributed by atoms with van der Waals surface area (Å²) in [6.07, 6.45) is 1.07. The number of aromatic nitrogens is 2. The zero-order valence-corrected chi connectivity index (χ0v) is 16.5. The van der Waals surface area contributed by atoms with Crippen LogP contribution in [0.3, 0.4) is 0 Å². The van der Waals surface area contributed by atoms with Crippen molar-refractivity contribution in [2.45, 2.75) is 39.7 Å². The Morgan fingerprint density at radius 1 is 1.07 bits per heavy atom. The Hall–Kier alpha value is -3.15. The molecule has 0 aliphatic carbocycles. The molecule has 2 amide bonds. The minimum atomic E-state index is -0.168. The molecule has 0 radical (unpaired) electrons. The number of imidazole rings is 1. The Morgan fingerprint density at radius 2 is 1.79 bits per heavy atom. The molecule has 1 atom stereocenters. The first kappa shape index (κ1) is 19.6. The summed E-state index contributed by atoms with van der Waals surface area (Å²) in [4.78, 5) is 31.7. The van der Waals surface area contributed by atoms with Gasteiger partial charge in [0.1, 0.15) is 5.82 Å². The van der Waals surface area contributed by atoms with Gasteiger partial charge in [-0.3, -0.25) is 9.59 Å². The van der Waals surface area contributed by atoms with Crippen LogP contribution >= 0.6 is 0 Å². The average Bonchev–Trinajstić information content (AvgIpc) is 3.06. The van der Waals surface area contributed by atoms with Gasteiger partial charge in [-0.15, -0.1) is 0 Å². The first-order valence-corrected chi connectivity index (χ1v) is 9.51. The number of aromatic amines is 1. The number of amides is 2. The van der Waals surface area contributed by atoms with E-state index in [0.29, 0.717) is 5.92 Å². The molecule has 0 fully saturated rings. The summed E-state index contributed by atoms with van der Waals surface area (Å²) in [6.45, 7) is 5.72. The molecule has 3 N–H and O–H groups in total. The number of nitrogens with zero attached hydrogens (tertiary/aromatic N) is 1. The number of para-hydroxylation sites is 2. The van der Waals surface area contributed by atoms with Crippen LogP contribution in [0.4, 0.5) is 5.69 Å². The molecule has 0 aliphatic rings. The molecule has 0 saturated carbocycles. The van der Waals surface area contributed by atoms with E-state index in [4.69, 9.17) is 0 Å². The molecule has 6 nitrogen and oxygen atoms in total. The first-order valence-electron chi connectivity index (χ1n) is 9.51. The van der Waals surface area contributed by atoms with Crippen molar-refractivity contribution < 1.29 is 9.59 Å². The van der Waals surface area contributed by atoms with Crippen molar-refractivity contribution >= 4 is 28.5 Å². The van der Waals surface area contributed by atoms with Gasteiger partial charge in [0.25, 0.3) is 0 Å². The number of benzene rings is 2. The summed E-state index contributed by atoms with van der Waals surface area (Å²) in [7, 11) is 0. The number of carbonyl (C=O) groups excluding carboxylic acids is 2. The molecule has 0 aliphatic heterocycles. The van der Waals surface area contributed by atoms with E-state index in [-0.39, 0.29) is 24.3 Å². The fourth-order valence-corrected chi connectivity index (χ4v) is 3.19. The van der Waals surface area contributed by atoms with Gasteiger partial charge in [0, 0.05) is 12.6 Å². The van der Waals surface area contributed by atoms with Crippen molar-refractivity contribution in [3.8, 4) is 0 Å². The van der Waals surface area contributed by atoms with Crippen LogP contribution in [0.25, 0.3) is 11.0 Å². The fraction of sp³-hybridized carbons (Fsp3) is 0.318. The second-order valence-corrected chi connectivity index (χ2v) is 7.44. The van der Waals surface area contributed by atoms with Gasteiger partial charge in [-0.2, -0.15) is 0 Å². The van der Waals surface area contributed by atoms with Crippen LogP contribution in [-0.4, -0.2) is 21.8 Å². The van der Waals surface area contributed by atoms with Crippen LogP contribution in [0, 0.1) is 5.92 Å². The molecule has 146 valence electrons. The molecule has 3 aromatic rings. The summed E-state index contributed by atoms with van der Waals surface area (Å²) in [5, 5.41) is 5.84. The predicted molar refractivity (Wildman–Crippen MR) is 111 cm³/mol. The van der Waals surface area contributed by atoms with Gasteiger partial charge in [-0.25, -0.2) is 4.98 Å². The van der Waals surface area contributed by atoms with Gasteiger partial charge < -0.3 is 15.6 Å². The lowest BCUT2D eigenvalue weighted by molar-refractivity contribution is -0.121. The smallest absolute Gasteiger partial charge is 0.225 e. The molecular weight excluding hydrogens is 352 g/mol. The number of fused-ring (bicyclic) bond motifs is 1. The third-order valence-corrected chi connectivity index (χ3v) is 4.42. The third kappa shape index (κ3) is 5.19. The van der Waals surface area contributed by atoms with Crippen molar-refractivity contribution in [3.63, 3.8) is 0 Å². The van der Waals surface area contributed by atoms with Crippen LogP contribution < -0.4 is 10.6 Å². The number of hydrogen-bond acceptors (Lipinski definition) is 3. The molecule has 0 spiro atoms. The normalized spacial score (nSPS) is 12.1. The Morgan fingerprint density at radius 3 is 2.43 bits per heavy atom. The highest BCUT2D eigenvalue weighted by atomic mass is 16.2. The predicted octanol–water partition coefficient (Wildman–Crippen LogP) is 3.97. The molecule has 1 aromatic heterocycles. The van der Waals surface area contributed by atoms with E-state index in [9.17, 15) is 9.59 Å². The maximum atomic E-state index is 12.6. The zero-order valence-electron chi connectivity index (χ0n) is 16.5. The lowest BCUT2D eigenvalue weighted by Gasteiger charge is -2.19. The van der Waals surface area contributed by atoms with Crippen LogP contribution in [0.15, 0.2) is 48.5 Å². The number of carbonyl (C=O) groups is 2. The Labute approximate surface area is 164 Å². The zero-order chi connectivity index (χ0) is 20.1. The van der Waals surface area contributed by atoms with E-state index in [2.05, 4.69) is 34.4 Å². The van der Waals surface area contributed by atoms with Gasteiger partial charge in [-0.05, 0) is 42.2 Å². The van der Waals surface area contributed by atoms with E-state index in [1.807, 2.05) is 36.4 Å². The van der Waals surface area contributed by atoms with Crippen molar-refractivity contribution in [2.24, 2.45) is 5.92 Å². The summed E-state index contributed by atoms with van der Waals surface area (Å²) in [5.74, 6) is 1.02. The quantitative estimate of drug-likeness (QED) is 0.581. The fourth-order valence-electron chi connectivity index (χ4n) is 3.19. The Bertz CT molecular complexity index is 927. The largest absolute Gasteiger partial charge is 0.346 e. The Kier molecular flexibility index (Phi) is 6.09.